The van der Waals surface area contributed by atoms with E-state index >= 15 is 0 Å². The molecule has 3 N–H and O–H groups in total. The van der Waals surface area contributed by atoms with E-state index in [1.54, 1.807) is 30.3 Å². The molecule has 0 amide bonds. The van der Waals surface area contributed by atoms with Crippen molar-refractivity contribution in [2.45, 2.75) is 6.10 Å². The maximum atomic E-state index is 13.7. The highest BCUT2D eigenvalue weighted by molar-refractivity contribution is 5.88. The van der Waals surface area contributed by atoms with Gasteiger partial charge in [0.25, 0.3) is 0 Å². The topological polar surface area (TPSA) is 69.6 Å². The van der Waals surface area contributed by atoms with E-state index in [4.69, 9.17) is 5.11 Å². The first-order chi connectivity index (χ1) is 10.0. The molecule has 0 bridgehead atoms. The predicted octanol–water partition coefficient (Wildman–Crippen LogP) is 2.81. The normalized spacial score (nSPS) is 12.0. The molecule has 0 radical (unpaired) electrons. The van der Waals surface area contributed by atoms with Crippen LogP contribution in [0.2, 0.25) is 0 Å². The number of aliphatic hydroxyl groups excluding tert-OH is 1. The van der Waals surface area contributed by atoms with Crippen molar-refractivity contribution in [2.75, 3.05) is 11.9 Å². The van der Waals surface area contributed by atoms with Gasteiger partial charge in [0.2, 0.25) is 0 Å². The molecule has 2 rings (SSSR count). The van der Waals surface area contributed by atoms with Crippen LogP contribution in [0.4, 0.5) is 14.5 Å². The number of carboxylic acid groups (broad SMARTS) is 1. The Morgan fingerprint density at radius 2 is 1.76 bits per heavy atom. The van der Waals surface area contributed by atoms with Gasteiger partial charge in [-0.2, -0.15) is 0 Å². The van der Waals surface area contributed by atoms with Crippen LogP contribution in [0.5, 0.6) is 0 Å². The SMILES string of the molecule is O=C(O)c1ccc(NCC(O)c2ccccc2)c(F)c1F. The zero-order valence-corrected chi connectivity index (χ0v) is 10.9. The smallest absolute Gasteiger partial charge is 0.338 e. The van der Waals surface area contributed by atoms with Crippen molar-refractivity contribution in [3.8, 4) is 0 Å². The predicted molar refractivity (Wildman–Crippen MR) is 73.2 cm³/mol. The number of anilines is 1. The van der Waals surface area contributed by atoms with Gasteiger partial charge < -0.3 is 15.5 Å². The molecule has 2 aromatic rings. The molecule has 1 atom stereocenters. The van der Waals surface area contributed by atoms with E-state index in [2.05, 4.69) is 5.32 Å². The number of carboxylic acids is 1. The number of hydrogen-bond donors (Lipinski definition) is 3. The van der Waals surface area contributed by atoms with Crippen molar-refractivity contribution in [1.29, 1.82) is 0 Å². The summed E-state index contributed by atoms with van der Waals surface area (Å²) in [5.74, 6) is -4.25. The quantitative estimate of drug-likeness (QED) is 0.793. The summed E-state index contributed by atoms with van der Waals surface area (Å²) in [7, 11) is 0. The molecule has 0 aromatic heterocycles. The second-order valence-corrected chi connectivity index (χ2v) is 4.40. The van der Waals surface area contributed by atoms with E-state index in [0.29, 0.717) is 5.56 Å². The Hall–Kier alpha value is -2.47. The van der Waals surface area contributed by atoms with Crippen molar-refractivity contribution in [3.63, 3.8) is 0 Å². The third-order valence-corrected chi connectivity index (χ3v) is 2.98. The number of halogens is 2. The van der Waals surface area contributed by atoms with Crippen LogP contribution in [-0.2, 0) is 0 Å². The highest BCUT2D eigenvalue weighted by Crippen LogP contribution is 2.22. The molecule has 0 aliphatic rings. The van der Waals surface area contributed by atoms with Crippen molar-refractivity contribution in [1.82, 2.24) is 0 Å². The molecule has 0 heterocycles. The van der Waals surface area contributed by atoms with Crippen molar-refractivity contribution < 1.29 is 23.8 Å². The van der Waals surface area contributed by atoms with Gasteiger partial charge in [0.05, 0.1) is 17.4 Å². The van der Waals surface area contributed by atoms with Crippen molar-refractivity contribution in [2.24, 2.45) is 0 Å². The molecule has 0 aliphatic heterocycles. The number of hydrogen-bond acceptors (Lipinski definition) is 3. The molecule has 0 saturated carbocycles. The zero-order chi connectivity index (χ0) is 15.4. The van der Waals surface area contributed by atoms with Crippen LogP contribution in [0.1, 0.15) is 22.0 Å². The second kappa shape index (κ2) is 6.32. The lowest BCUT2D eigenvalue weighted by Gasteiger charge is -2.14. The average molecular weight is 293 g/mol. The van der Waals surface area contributed by atoms with Crippen LogP contribution in [-0.4, -0.2) is 22.7 Å². The lowest BCUT2D eigenvalue weighted by molar-refractivity contribution is 0.0690. The van der Waals surface area contributed by atoms with Crippen LogP contribution in [0, 0.1) is 11.6 Å². The van der Waals surface area contributed by atoms with E-state index in [1.807, 2.05) is 0 Å². The number of aromatic carboxylic acids is 1. The zero-order valence-electron chi connectivity index (χ0n) is 10.9. The highest BCUT2D eigenvalue weighted by atomic mass is 19.2. The molecule has 0 aliphatic carbocycles. The Morgan fingerprint density at radius 1 is 1.10 bits per heavy atom. The van der Waals surface area contributed by atoms with Crippen LogP contribution >= 0.6 is 0 Å². The number of rotatable bonds is 5. The van der Waals surface area contributed by atoms with Crippen molar-refractivity contribution >= 4 is 11.7 Å². The minimum absolute atomic E-state index is 0.0349. The van der Waals surface area contributed by atoms with Crippen molar-refractivity contribution in [3.05, 3.63) is 65.2 Å². The fourth-order valence-electron chi connectivity index (χ4n) is 1.85. The summed E-state index contributed by atoms with van der Waals surface area (Å²) in [6, 6.07) is 10.8. The number of benzene rings is 2. The van der Waals surface area contributed by atoms with Crippen LogP contribution in [0.15, 0.2) is 42.5 Å². The van der Waals surface area contributed by atoms with Gasteiger partial charge in [0.15, 0.2) is 11.6 Å². The lowest BCUT2D eigenvalue weighted by atomic mass is 10.1. The van der Waals surface area contributed by atoms with Gasteiger partial charge in [-0.25, -0.2) is 13.6 Å². The Bertz CT molecular complexity index is 647. The van der Waals surface area contributed by atoms with Gasteiger partial charge in [0, 0.05) is 6.54 Å². The standard InChI is InChI=1S/C15H13F2NO3/c16-13-10(15(20)21)6-7-11(14(13)17)18-8-12(19)9-4-2-1-3-5-9/h1-7,12,18-19H,8H2,(H,20,21). The Balaban J connectivity index is 2.11. The number of aliphatic hydroxyl groups is 1. The molecule has 1 unspecified atom stereocenters. The molecule has 110 valence electrons. The molecular weight excluding hydrogens is 280 g/mol. The van der Waals surface area contributed by atoms with Gasteiger partial charge in [0.1, 0.15) is 0 Å². The molecular formula is C15H13F2NO3. The van der Waals surface area contributed by atoms with Gasteiger partial charge in [-0.1, -0.05) is 30.3 Å². The van der Waals surface area contributed by atoms with E-state index in [1.165, 1.54) is 0 Å². The minimum atomic E-state index is -1.54. The molecule has 0 fully saturated rings. The fraction of sp³-hybridized carbons (Fsp3) is 0.133. The van der Waals surface area contributed by atoms with Gasteiger partial charge >= 0.3 is 5.97 Å². The fourth-order valence-corrected chi connectivity index (χ4v) is 1.85. The Morgan fingerprint density at radius 3 is 2.38 bits per heavy atom. The first-order valence-electron chi connectivity index (χ1n) is 6.19. The minimum Gasteiger partial charge on any atom is -0.478 e. The van der Waals surface area contributed by atoms with Gasteiger partial charge in [-0.15, -0.1) is 0 Å². The summed E-state index contributed by atoms with van der Waals surface area (Å²) in [6.07, 6.45) is -0.896. The largest absolute Gasteiger partial charge is 0.478 e. The molecule has 0 saturated heterocycles. The summed E-state index contributed by atoms with van der Waals surface area (Å²) in [5.41, 5.74) is -0.304. The first kappa shape index (κ1) is 14.9. The third-order valence-electron chi connectivity index (χ3n) is 2.98. The molecule has 0 spiro atoms. The Labute approximate surface area is 119 Å². The maximum Gasteiger partial charge on any atom is 0.338 e. The highest BCUT2D eigenvalue weighted by Gasteiger charge is 2.18. The van der Waals surface area contributed by atoms with E-state index in [9.17, 15) is 18.7 Å². The Kier molecular flexibility index (Phi) is 4.49. The average Bonchev–Trinajstić information content (AvgIpc) is 2.49. The number of carbonyl (C=O) groups is 1. The van der Waals surface area contributed by atoms with Crippen LogP contribution < -0.4 is 5.32 Å². The van der Waals surface area contributed by atoms with E-state index in [0.717, 1.165) is 12.1 Å². The number of nitrogens with one attached hydrogen (secondary N) is 1. The second-order valence-electron chi connectivity index (χ2n) is 4.40. The van der Waals surface area contributed by atoms with E-state index < -0.39 is 29.3 Å². The molecule has 2 aromatic carbocycles. The van der Waals surface area contributed by atoms with Crippen LogP contribution in [0.25, 0.3) is 0 Å². The molecule has 6 heteroatoms. The van der Waals surface area contributed by atoms with E-state index in [-0.39, 0.29) is 12.2 Å². The lowest BCUT2D eigenvalue weighted by Crippen LogP contribution is -2.14. The summed E-state index contributed by atoms with van der Waals surface area (Å²) < 4.78 is 27.2. The summed E-state index contributed by atoms with van der Waals surface area (Å²) >= 11 is 0. The van der Waals surface area contributed by atoms with Crippen LogP contribution in [0.3, 0.4) is 0 Å². The summed E-state index contributed by atoms with van der Waals surface area (Å²) in [6.45, 7) is -0.0349. The molecule has 4 nitrogen and oxygen atoms in total. The monoisotopic (exact) mass is 293 g/mol. The molecule has 21 heavy (non-hydrogen) atoms. The summed E-state index contributed by atoms with van der Waals surface area (Å²) in [4.78, 5) is 10.7. The van der Waals surface area contributed by atoms with Gasteiger partial charge in [-0.3, -0.25) is 0 Å². The summed E-state index contributed by atoms with van der Waals surface area (Å²) in [5, 5.41) is 21.2. The first-order valence-corrected chi connectivity index (χ1v) is 6.19. The maximum absolute atomic E-state index is 13.7. The third kappa shape index (κ3) is 3.35. The van der Waals surface area contributed by atoms with Gasteiger partial charge in [-0.05, 0) is 17.7 Å².